The van der Waals surface area contributed by atoms with Crippen LogP contribution in [0.4, 0.5) is 0 Å². The first-order chi connectivity index (χ1) is 8.13. The molecule has 17 heavy (non-hydrogen) atoms. The molecule has 0 bridgehead atoms. The van der Waals surface area contributed by atoms with Crippen LogP contribution in [0.5, 0.6) is 0 Å². The van der Waals surface area contributed by atoms with Crippen molar-refractivity contribution >= 4 is 0 Å². The highest BCUT2D eigenvalue weighted by molar-refractivity contribution is 4.96. The van der Waals surface area contributed by atoms with Crippen molar-refractivity contribution in [2.45, 2.75) is 56.5 Å². The number of ether oxygens (including phenoxy) is 2. The lowest BCUT2D eigenvalue weighted by atomic mass is 9.91. The third kappa shape index (κ3) is 2.24. The summed E-state index contributed by atoms with van der Waals surface area (Å²) < 4.78 is 11.9. The van der Waals surface area contributed by atoms with E-state index in [0.29, 0.717) is 0 Å². The molecule has 0 radical (unpaired) electrons. The molecule has 1 atom stereocenters. The summed E-state index contributed by atoms with van der Waals surface area (Å²) in [5.74, 6) is -0.239. The standard InChI is InChI=1S/C13H23NO3/c1-2-12(15)9-14(10-12)7-11-8-16-13(17-11)5-3-4-6-13/h11,15H,2-10H2,1H3. The van der Waals surface area contributed by atoms with Gasteiger partial charge in [0.05, 0.1) is 18.3 Å². The fourth-order valence-corrected chi connectivity index (χ4v) is 3.31. The van der Waals surface area contributed by atoms with Crippen LogP contribution in [-0.2, 0) is 9.47 Å². The summed E-state index contributed by atoms with van der Waals surface area (Å²) in [5.41, 5.74) is -0.440. The van der Waals surface area contributed by atoms with Crippen molar-refractivity contribution in [3.8, 4) is 0 Å². The van der Waals surface area contributed by atoms with Crippen LogP contribution in [0.1, 0.15) is 39.0 Å². The van der Waals surface area contributed by atoms with Crippen LogP contribution in [0.3, 0.4) is 0 Å². The minimum Gasteiger partial charge on any atom is -0.387 e. The van der Waals surface area contributed by atoms with Gasteiger partial charge in [-0.3, -0.25) is 4.90 Å². The van der Waals surface area contributed by atoms with Gasteiger partial charge in [0.25, 0.3) is 0 Å². The van der Waals surface area contributed by atoms with Gasteiger partial charge >= 0.3 is 0 Å². The Morgan fingerprint density at radius 1 is 1.29 bits per heavy atom. The first kappa shape index (κ1) is 11.9. The summed E-state index contributed by atoms with van der Waals surface area (Å²) in [6.07, 6.45) is 5.62. The molecule has 3 aliphatic rings. The topological polar surface area (TPSA) is 41.9 Å². The molecule has 3 rings (SSSR count). The van der Waals surface area contributed by atoms with Crippen molar-refractivity contribution in [3.05, 3.63) is 0 Å². The summed E-state index contributed by atoms with van der Waals surface area (Å²) in [5, 5.41) is 9.95. The van der Waals surface area contributed by atoms with E-state index in [2.05, 4.69) is 4.90 Å². The number of hydrogen-bond donors (Lipinski definition) is 1. The van der Waals surface area contributed by atoms with Gasteiger partial charge in [0, 0.05) is 32.5 Å². The van der Waals surface area contributed by atoms with Crippen molar-refractivity contribution < 1.29 is 14.6 Å². The first-order valence-corrected chi connectivity index (χ1v) is 6.90. The van der Waals surface area contributed by atoms with Gasteiger partial charge in [-0.25, -0.2) is 0 Å². The molecule has 1 spiro atoms. The van der Waals surface area contributed by atoms with E-state index in [-0.39, 0.29) is 11.9 Å². The van der Waals surface area contributed by atoms with Gasteiger partial charge in [-0.15, -0.1) is 0 Å². The van der Waals surface area contributed by atoms with Crippen LogP contribution in [0.15, 0.2) is 0 Å². The predicted octanol–water partition coefficient (Wildman–Crippen LogP) is 1.13. The Balaban J connectivity index is 1.46. The van der Waals surface area contributed by atoms with Crippen LogP contribution >= 0.6 is 0 Å². The molecule has 0 aromatic carbocycles. The van der Waals surface area contributed by atoms with Gasteiger partial charge in [-0.2, -0.15) is 0 Å². The molecular formula is C13H23NO3. The van der Waals surface area contributed by atoms with Gasteiger partial charge < -0.3 is 14.6 Å². The summed E-state index contributed by atoms with van der Waals surface area (Å²) in [4.78, 5) is 2.27. The Kier molecular flexibility index (Phi) is 2.94. The van der Waals surface area contributed by atoms with Crippen LogP contribution in [-0.4, -0.2) is 53.7 Å². The molecule has 2 aliphatic heterocycles. The third-order valence-corrected chi connectivity index (χ3v) is 4.43. The molecule has 1 unspecified atom stereocenters. The largest absolute Gasteiger partial charge is 0.387 e. The van der Waals surface area contributed by atoms with Crippen LogP contribution in [0, 0.1) is 0 Å². The van der Waals surface area contributed by atoms with E-state index in [4.69, 9.17) is 9.47 Å². The lowest BCUT2D eigenvalue weighted by Gasteiger charge is -2.46. The maximum absolute atomic E-state index is 9.95. The van der Waals surface area contributed by atoms with Gasteiger partial charge in [0.15, 0.2) is 5.79 Å². The summed E-state index contributed by atoms with van der Waals surface area (Å²) in [7, 11) is 0. The van der Waals surface area contributed by atoms with Gasteiger partial charge in [-0.1, -0.05) is 6.92 Å². The number of rotatable bonds is 3. The Morgan fingerprint density at radius 3 is 2.65 bits per heavy atom. The highest BCUT2D eigenvalue weighted by Gasteiger charge is 2.46. The van der Waals surface area contributed by atoms with E-state index in [1.165, 1.54) is 12.8 Å². The van der Waals surface area contributed by atoms with E-state index in [1.54, 1.807) is 0 Å². The monoisotopic (exact) mass is 241 g/mol. The van der Waals surface area contributed by atoms with E-state index in [9.17, 15) is 5.11 Å². The van der Waals surface area contributed by atoms with Crippen LogP contribution in [0.2, 0.25) is 0 Å². The zero-order valence-corrected chi connectivity index (χ0v) is 10.7. The maximum Gasteiger partial charge on any atom is 0.168 e. The molecule has 0 aromatic heterocycles. The minimum atomic E-state index is -0.440. The van der Waals surface area contributed by atoms with Crippen molar-refractivity contribution in [1.82, 2.24) is 4.90 Å². The summed E-state index contributed by atoms with van der Waals surface area (Å²) >= 11 is 0. The molecule has 98 valence electrons. The second kappa shape index (κ2) is 4.19. The smallest absolute Gasteiger partial charge is 0.168 e. The second-order valence-corrected chi connectivity index (χ2v) is 5.92. The highest BCUT2D eigenvalue weighted by atomic mass is 16.7. The Labute approximate surface area is 103 Å². The molecule has 4 heteroatoms. The maximum atomic E-state index is 9.95. The molecule has 0 aromatic rings. The lowest BCUT2D eigenvalue weighted by Crippen LogP contribution is -2.62. The zero-order chi connectivity index (χ0) is 11.9. The Hall–Kier alpha value is -0.160. The average molecular weight is 241 g/mol. The van der Waals surface area contributed by atoms with Crippen molar-refractivity contribution in [1.29, 1.82) is 0 Å². The molecule has 1 aliphatic carbocycles. The molecule has 4 nitrogen and oxygen atoms in total. The normalized spacial score (nSPS) is 35.3. The molecular weight excluding hydrogens is 218 g/mol. The molecule has 1 saturated carbocycles. The summed E-state index contributed by atoms with van der Waals surface area (Å²) in [6.45, 7) is 5.25. The minimum absolute atomic E-state index is 0.203. The lowest BCUT2D eigenvalue weighted by molar-refractivity contribution is -0.170. The quantitative estimate of drug-likeness (QED) is 0.804. The van der Waals surface area contributed by atoms with Crippen LogP contribution in [0.25, 0.3) is 0 Å². The number of aliphatic hydroxyl groups is 1. The number of likely N-dealkylation sites (tertiary alicyclic amines) is 1. The van der Waals surface area contributed by atoms with Gasteiger partial charge in [0.1, 0.15) is 0 Å². The number of nitrogens with zero attached hydrogens (tertiary/aromatic N) is 1. The third-order valence-electron chi connectivity index (χ3n) is 4.43. The predicted molar refractivity (Wildman–Crippen MR) is 63.7 cm³/mol. The second-order valence-electron chi connectivity index (χ2n) is 5.92. The molecule has 3 fully saturated rings. The number of β-amino-alcohol motifs (C(OH)–C–C–N with tert-alkyl or cyclic N) is 1. The van der Waals surface area contributed by atoms with E-state index in [0.717, 1.165) is 45.5 Å². The van der Waals surface area contributed by atoms with Crippen molar-refractivity contribution in [3.63, 3.8) is 0 Å². The highest BCUT2D eigenvalue weighted by Crippen LogP contribution is 2.39. The Bertz CT molecular complexity index is 282. The number of hydrogen-bond acceptors (Lipinski definition) is 4. The summed E-state index contributed by atoms with van der Waals surface area (Å²) in [6, 6.07) is 0. The van der Waals surface area contributed by atoms with Gasteiger partial charge in [-0.05, 0) is 19.3 Å². The zero-order valence-electron chi connectivity index (χ0n) is 10.7. The fraction of sp³-hybridized carbons (Fsp3) is 1.00. The van der Waals surface area contributed by atoms with Crippen LogP contribution < -0.4 is 0 Å². The van der Waals surface area contributed by atoms with E-state index in [1.807, 2.05) is 6.92 Å². The fourth-order valence-electron chi connectivity index (χ4n) is 3.31. The molecule has 0 amide bonds. The van der Waals surface area contributed by atoms with Crippen molar-refractivity contribution in [2.75, 3.05) is 26.2 Å². The van der Waals surface area contributed by atoms with E-state index >= 15 is 0 Å². The van der Waals surface area contributed by atoms with Gasteiger partial charge in [0.2, 0.25) is 0 Å². The molecule has 2 saturated heterocycles. The molecule has 1 N–H and O–H groups in total. The van der Waals surface area contributed by atoms with E-state index < -0.39 is 5.60 Å². The van der Waals surface area contributed by atoms with Crippen molar-refractivity contribution in [2.24, 2.45) is 0 Å². The SMILES string of the molecule is CCC1(O)CN(CC2COC3(CCCC3)O2)C1. The average Bonchev–Trinajstić information content (AvgIpc) is 2.88. The molecule has 2 heterocycles. The first-order valence-electron chi connectivity index (χ1n) is 6.90. The Morgan fingerprint density at radius 2 is 2.00 bits per heavy atom.